The highest BCUT2D eigenvalue weighted by Crippen LogP contribution is 2.28. The molecule has 0 atom stereocenters. The number of aromatic nitrogens is 4. The van der Waals surface area contributed by atoms with Crippen molar-refractivity contribution in [3.8, 4) is 5.75 Å². The predicted octanol–water partition coefficient (Wildman–Crippen LogP) is 4.69. The molecular weight excluding hydrogens is 430 g/mol. The number of carbonyl (C=O) groups is 1. The minimum atomic E-state index is -0.141. The first-order valence-electron chi connectivity index (χ1n) is 9.62. The molecule has 2 heterocycles. The number of amides is 1. The van der Waals surface area contributed by atoms with E-state index in [9.17, 15) is 4.79 Å². The van der Waals surface area contributed by atoms with Gasteiger partial charge in [-0.25, -0.2) is 4.98 Å². The van der Waals surface area contributed by atoms with E-state index >= 15 is 0 Å². The Bertz CT molecular complexity index is 1200. The second-order valence-corrected chi connectivity index (χ2v) is 8.51. The molecule has 158 valence electrons. The van der Waals surface area contributed by atoms with Gasteiger partial charge in [0.2, 0.25) is 5.91 Å². The lowest BCUT2D eigenvalue weighted by Gasteiger charge is -2.12. The van der Waals surface area contributed by atoms with Crippen LogP contribution in [0.2, 0.25) is 0 Å². The number of nitrogens with one attached hydrogen (secondary N) is 1. The summed E-state index contributed by atoms with van der Waals surface area (Å²) in [6, 6.07) is 12.2. The van der Waals surface area contributed by atoms with Crippen LogP contribution in [0.5, 0.6) is 5.75 Å². The number of allylic oxidation sites excluding steroid dienone is 1. The summed E-state index contributed by atoms with van der Waals surface area (Å²) in [6.45, 7) is 6.66. The molecule has 0 aliphatic heterocycles. The van der Waals surface area contributed by atoms with Crippen molar-refractivity contribution < 1.29 is 9.53 Å². The van der Waals surface area contributed by atoms with Gasteiger partial charge in [-0.1, -0.05) is 48.2 Å². The quantitative estimate of drug-likeness (QED) is 0.294. The molecular formula is C22H21N5O2S2. The summed E-state index contributed by atoms with van der Waals surface area (Å²) in [5.74, 6) is 1.55. The zero-order valence-corrected chi connectivity index (χ0v) is 18.6. The van der Waals surface area contributed by atoms with Gasteiger partial charge in [0.1, 0.15) is 12.4 Å². The van der Waals surface area contributed by atoms with Crippen molar-refractivity contribution in [3.63, 3.8) is 0 Å². The summed E-state index contributed by atoms with van der Waals surface area (Å²) in [7, 11) is 0. The molecule has 1 N–H and O–H groups in total. The summed E-state index contributed by atoms with van der Waals surface area (Å²) >= 11 is 2.69. The summed E-state index contributed by atoms with van der Waals surface area (Å²) < 4.78 is 7.98. The summed E-state index contributed by atoms with van der Waals surface area (Å²) in [6.07, 6.45) is 3.42. The van der Waals surface area contributed by atoms with Crippen LogP contribution in [0.15, 0.2) is 65.8 Å². The number of fused-ring (bicyclic) bond motifs is 1. The molecule has 9 heteroatoms. The van der Waals surface area contributed by atoms with Gasteiger partial charge in [-0.15, -0.1) is 28.1 Å². The van der Waals surface area contributed by atoms with Crippen molar-refractivity contribution in [2.45, 2.75) is 25.2 Å². The minimum Gasteiger partial charge on any atom is -0.485 e. The SMILES string of the molecule is C=CCn1c(COc2ccc3ccccc3c2C)nnc1SCC(=O)Nc1nccs1. The second kappa shape index (κ2) is 9.76. The van der Waals surface area contributed by atoms with Crippen LogP contribution in [0.3, 0.4) is 0 Å². The van der Waals surface area contributed by atoms with Crippen molar-refractivity contribution in [1.82, 2.24) is 19.7 Å². The number of aryl methyl sites for hydroxylation is 1. The largest absolute Gasteiger partial charge is 0.485 e. The average molecular weight is 452 g/mol. The topological polar surface area (TPSA) is 81.9 Å². The van der Waals surface area contributed by atoms with Crippen LogP contribution >= 0.6 is 23.1 Å². The Hall–Kier alpha value is -3.17. The first kappa shape index (κ1) is 21.1. The first-order chi connectivity index (χ1) is 15.2. The molecule has 7 nitrogen and oxygen atoms in total. The van der Waals surface area contributed by atoms with Gasteiger partial charge in [0, 0.05) is 18.1 Å². The van der Waals surface area contributed by atoms with Crippen molar-refractivity contribution in [3.05, 3.63) is 72.0 Å². The maximum absolute atomic E-state index is 12.1. The molecule has 31 heavy (non-hydrogen) atoms. The molecule has 0 unspecified atom stereocenters. The number of ether oxygens (including phenoxy) is 1. The van der Waals surface area contributed by atoms with E-state index in [1.54, 1.807) is 12.3 Å². The lowest BCUT2D eigenvalue weighted by atomic mass is 10.0. The van der Waals surface area contributed by atoms with E-state index in [1.165, 1.54) is 28.5 Å². The Morgan fingerprint density at radius 1 is 1.29 bits per heavy atom. The molecule has 0 bridgehead atoms. The Balaban J connectivity index is 1.44. The number of nitrogens with zero attached hydrogens (tertiary/aromatic N) is 4. The third-order valence-corrected chi connectivity index (χ3v) is 6.28. The number of thiazole rings is 1. The van der Waals surface area contributed by atoms with Crippen LogP contribution in [-0.4, -0.2) is 31.4 Å². The predicted molar refractivity (Wildman–Crippen MR) is 125 cm³/mol. The molecule has 4 aromatic rings. The van der Waals surface area contributed by atoms with Crippen LogP contribution in [0.25, 0.3) is 10.8 Å². The van der Waals surface area contributed by atoms with Gasteiger partial charge >= 0.3 is 0 Å². The third kappa shape index (κ3) is 4.95. The number of anilines is 1. The summed E-state index contributed by atoms with van der Waals surface area (Å²) in [5, 5.41) is 16.7. The molecule has 2 aromatic carbocycles. The highest BCUT2D eigenvalue weighted by molar-refractivity contribution is 7.99. The normalized spacial score (nSPS) is 10.9. The fraction of sp³-hybridized carbons (Fsp3) is 0.182. The van der Waals surface area contributed by atoms with E-state index < -0.39 is 0 Å². The van der Waals surface area contributed by atoms with Crippen LogP contribution in [0, 0.1) is 6.92 Å². The Kier molecular flexibility index (Phi) is 6.63. The zero-order valence-electron chi connectivity index (χ0n) is 16.9. The fourth-order valence-electron chi connectivity index (χ4n) is 3.12. The first-order valence-corrected chi connectivity index (χ1v) is 11.5. The monoisotopic (exact) mass is 451 g/mol. The zero-order chi connectivity index (χ0) is 21.6. The van der Waals surface area contributed by atoms with Gasteiger partial charge in [-0.05, 0) is 29.3 Å². The van der Waals surface area contributed by atoms with Gasteiger partial charge in [-0.3, -0.25) is 9.36 Å². The van der Waals surface area contributed by atoms with E-state index in [1.807, 2.05) is 28.1 Å². The van der Waals surface area contributed by atoms with E-state index in [2.05, 4.69) is 52.2 Å². The van der Waals surface area contributed by atoms with E-state index in [0.717, 1.165) is 16.7 Å². The molecule has 0 aliphatic rings. The molecule has 2 aromatic heterocycles. The maximum atomic E-state index is 12.1. The lowest BCUT2D eigenvalue weighted by Crippen LogP contribution is -2.14. The Morgan fingerprint density at radius 2 is 2.16 bits per heavy atom. The van der Waals surface area contributed by atoms with Gasteiger partial charge in [0.15, 0.2) is 16.1 Å². The van der Waals surface area contributed by atoms with Crippen molar-refractivity contribution >= 4 is 44.9 Å². The highest BCUT2D eigenvalue weighted by atomic mass is 32.2. The minimum absolute atomic E-state index is 0.141. The fourth-order valence-corrected chi connectivity index (χ4v) is 4.43. The van der Waals surface area contributed by atoms with Crippen LogP contribution < -0.4 is 10.1 Å². The Labute approximate surface area is 188 Å². The standard InChI is InChI=1S/C22H21N5O2S2/c1-3-11-27-19(13-29-18-9-8-16-6-4-5-7-17(16)15(18)2)25-26-22(27)31-14-20(28)24-21-23-10-12-30-21/h3-10,12H,1,11,13-14H2,2H3,(H,23,24,28). The third-order valence-electron chi connectivity index (χ3n) is 4.62. The Morgan fingerprint density at radius 3 is 2.97 bits per heavy atom. The number of rotatable bonds is 9. The molecule has 0 aliphatic carbocycles. The number of carbonyl (C=O) groups excluding carboxylic acids is 1. The van der Waals surface area contributed by atoms with Crippen molar-refractivity contribution in [2.24, 2.45) is 0 Å². The van der Waals surface area contributed by atoms with Crippen LogP contribution in [0.1, 0.15) is 11.4 Å². The second-order valence-electron chi connectivity index (χ2n) is 6.67. The van der Waals surface area contributed by atoms with Crippen LogP contribution in [-0.2, 0) is 17.9 Å². The number of benzene rings is 2. The van der Waals surface area contributed by atoms with E-state index in [-0.39, 0.29) is 18.3 Å². The number of hydrogen-bond donors (Lipinski definition) is 1. The molecule has 0 saturated carbocycles. The smallest absolute Gasteiger partial charge is 0.236 e. The molecule has 0 radical (unpaired) electrons. The van der Waals surface area contributed by atoms with E-state index in [0.29, 0.717) is 22.7 Å². The number of thioether (sulfide) groups is 1. The molecule has 1 amide bonds. The van der Waals surface area contributed by atoms with Crippen molar-refractivity contribution in [1.29, 1.82) is 0 Å². The number of hydrogen-bond acceptors (Lipinski definition) is 7. The molecule has 0 saturated heterocycles. The summed E-state index contributed by atoms with van der Waals surface area (Å²) in [5.41, 5.74) is 1.08. The van der Waals surface area contributed by atoms with Gasteiger partial charge in [-0.2, -0.15) is 0 Å². The molecule has 4 rings (SSSR count). The highest BCUT2D eigenvalue weighted by Gasteiger charge is 2.15. The van der Waals surface area contributed by atoms with Crippen molar-refractivity contribution in [2.75, 3.05) is 11.1 Å². The van der Waals surface area contributed by atoms with E-state index in [4.69, 9.17) is 4.74 Å². The van der Waals surface area contributed by atoms with Gasteiger partial charge in [0.05, 0.1) is 5.75 Å². The van der Waals surface area contributed by atoms with Crippen LogP contribution in [0.4, 0.5) is 5.13 Å². The maximum Gasteiger partial charge on any atom is 0.236 e. The molecule has 0 fully saturated rings. The average Bonchev–Trinajstić information content (AvgIpc) is 3.42. The van der Waals surface area contributed by atoms with Gasteiger partial charge in [0.25, 0.3) is 0 Å². The lowest BCUT2D eigenvalue weighted by molar-refractivity contribution is -0.113. The summed E-state index contributed by atoms with van der Waals surface area (Å²) in [4.78, 5) is 16.2. The van der Waals surface area contributed by atoms with Gasteiger partial charge < -0.3 is 10.1 Å². The molecule has 0 spiro atoms.